The summed E-state index contributed by atoms with van der Waals surface area (Å²) in [6, 6.07) is 2.76. The van der Waals surface area contributed by atoms with E-state index in [2.05, 4.69) is 5.32 Å². The van der Waals surface area contributed by atoms with E-state index in [9.17, 15) is 9.18 Å². The highest BCUT2D eigenvalue weighted by molar-refractivity contribution is 6.35. The van der Waals surface area contributed by atoms with Gasteiger partial charge in [-0.05, 0) is 24.6 Å². The summed E-state index contributed by atoms with van der Waals surface area (Å²) < 4.78 is 20.5. The van der Waals surface area contributed by atoms with E-state index in [1.165, 1.54) is 12.1 Å². The van der Waals surface area contributed by atoms with Gasteiger partial charge in [0.15, 0.2) is 0 Å². The zero-order chi connectivity index (χ0) is 15.0. The van der Waals surface area contributed by atoms with Crippen LogP contribution in [0.2, 0.25) is 5.02 Å². The Morgan fingerprint density at radius 2 is 2.33 bits per heavy atom. The van der Waals surface area contributed by atoms with Crippen LogP contribution in [-0.4, -0.2) is 23.7 Å². The summed E-state index contributed by atoms with van der Waals surface area (Å²) in [5.74, 6) is -0.676. The molecule has 0 atom stereocenters. The molecule has 0 spiro atoms. The van der Waals surface area contributed by atoms with E-state index < -0.39 is 0 Å². The van der Waals surface area contributed by atoms with Crippen molar-refractivity contribution in [2.45, 2.75) is 26.4 Å². The molecule has 0 radical (unpaired) electrons. The average Bonchev–Trinajstić information content (AvgIpc) is 2.74. The highest BCUT2D eigenvalue weighted by Crippen LogP contribution is 2.34. The number of ether oxygens (including phenoxy) is 1. The Kier molecular flexibility index (Phi) is 3.87. The van der Waals surface area contributed by atoms with Crippen LogP contribution in [0.25, 0.3) is 10.9 Å². The van der Waals surface area contributed by atoms with Crippen molar-refractivity contribution in [1.29, 1.82) is 0 Å². The monoisotopic (exact) mass is 310 g/mol. The van der Waals surface area contributed by atoms with Crippen molar-refractivity contribution >= 4 is 28.5 Å². The van der Waals surface area contributed by atoms with Crippen molar-refractivity contribution in [1.82, 2.24) is 9.88 Å². The van der Waals surface area contributed by atoms with Crippen LogP contribution in [0.4, 0.5) is 4.39 Å². The van der Waals surface area contributed by atoms with E-state index in [4.69, 9.17) is 16.3 Å². The Balaban J connectivity index is 2.19. The molecule has 0 fully saturated rings. The number of hydrogen-bond acceptors (Lipinski definition) is 3. The smallest absolute Gasteiger partial charge is 0.325 e. The van der Waals surface area contributed by atoms with Gasteiger partial charge in [-0.3, -0.25) is 4.79 Å². The van der Waals surface area contributed by atoms with Crippen molar-refractivity contribution < 1.29 is 13.9 Å². The van der Waals surface area contributed by atoms with E-state index in [-0.39, 0.29) is 18.3 Å². The summed E-state index contributed by atoms with van der Waals surface area (Å²) in [5.41, 5.74) is 2.76. The molecule has 0 amide bonds. The predicted octanol–water partition coefficient (Wildman–Crippen LogP) is 2.64. The molecule has 1 aromatic heterocycles. The molecule has 0 saturated heterocycles. The summed E-state index contributed by atoms with van der Waals surface area (Å²) in [4.78, 5) is 11.8. The molecule has 0 aliphatic carbocycles. The fourth-order valence-electron chi connectivity index (χ4n) is 2.94. The third kappa shape index (κ3) is 2.51. The molecule has 4 nitrogen and oxygen atoms in total. The fraction of sp³-hybridized carbons (Fsp3) is 0.400. The quantitative estimate of drug-likeness (QED) is 0.886. The second kappa shape index (κ2) is 5.66. The van der Waals surface area contributed by atoms with Gasteiger partial charge in [0.2, 0.25) is 0 Å². The SMILES string of the molecule is CCOC(=O)Cn1c2c(c3cc(F)cc(Cl)c31)CNCC2. The largest absolute Gasteiger partial charge is 0.465 e. The first-order chi connectivity index (χ1) is 10.1. The maximum atomic E-state index is 13.7. The van der Waals surface area contributed by atoms with Gasteiger partial charge in [-0.1, -0.05) is 11.6 Å². The van der Waals surface area contributed by atoms with E-state index >= 15 is 0 Å². The highest BCUT2D eigenvalue weighted by atomic mass is 35.5. The number of esters is 1. The van der Waals surface area contributed by atoms with Gasteiger partial charge in [0, 0.05) is 30.6 Å². The number of aromatic nitrogens is 1. The van der Waals surface area contributed by atoms with Gasteiger partial charge in [-0.15, -0.1) is 0 Å². The number of nitrogens with zero attached hydrogens (tertiary/aromatic N) is 1. The van der Waals surface area contributed by atoms with E-state index in [0.717, 1.165) is 29.6 Å². The number of hydrogen-bond donors (Lipinski definition) is 1. The molecule has 0 unspecified atom stereocenters. The second-order valence-electron chi connectivity index (χ2n) is 5.03. The minimum atomic E-state index is -0.367. The molecular formula is C15H16ClFN2O2. The number of carbonyl (C=O) groups is 1. The zero-order valence-corrected chi connectivity index (χ0v) is 12.5. The Morgan fingerprint density at radius 1 is 1.52 bits per heavy atom. The fourth-order valence-corrected chi connectivity index (χ4v) is 3.25. The maximum absolute atomic E-state index is 13.7. The average molecular weight is 311 g/mol. The summed E-state index contributed by atoms with van der Waals surface area (Å²) in [6.07, 6.45) is 0.779. The van der Waals surface area contributed by atoms with Crippen LogP contribution < -0.4 is 5.32 Å². The summed E-state index contributed by atoms with van der Waals surface area (Å²) in [6.45, 7) is 3.69. The third-order valence-electron chi connectivity index (χ3n) is 3.73. The van der Waals surface area contributed by atoms with Gasteiger partial charge in [0.25, 0.3) is 0 Å². The molecule has 6 heteroatoms. The summed E-state index contributed by atoms with van der Waals surface area (Å²) >= 11 is 6.21. The lowest BCUT2D eigenvalue weighted by atomic mass is 10.1. The van der Waals surface area contributed by atoms with Crippen LogP contribution >= 0.6 is 11.6 Å². The third-order valence-corrected chi connectivity index (χ3v) is 4.02. The van der Waals surface area contributed by atoms with E-state index in [1.54, 1.807) is 6.92 Å². The molecule has 1 aliphatic rings. The highest BCUT2D eigenvalue weighted by Gasteiger charge is 2.23. The van der Waals surface area contributed by atoms with Crippen molar-refractivity contribution in [2.75, 3.05) is 13.2 Å². The van der Waals surface area contributed by atoms with E-state index in [1.807, 2.05) is 4.57 Å². The Labute approximate surface area is 126 Å². The lowest BCUT2D eigenvalue weighted by Crippen LogP contribution is -2.26. The Bertz CT molecular complexity index is 711. The minimum absolute atomic E-state index is 0.102. The van der Waals surface area contributed by atoms with E-state index in [0.29, 0.717) is 23.7 Å². The number of carbonyl (C=O) groups excluding carboxylic acids is 1. The van der Waals surface area contributed by atoms with Crippen molar-refractivity contribution in [3.05, 3.63) is 34.2 Å². The van der Waals surface area contributed by atoms with Crippen LogP contribution in [0.3, 0.4) is 0 Å². The number of rotatable bonds is 3. The predicted molar refractivity (Wildman–Crippen MR) is 78.9 cm³/mol. The molecule has 1 aliphatic heterocycles. The lowest BCUT2D eigenvalue weighted by molar-refractivity contribution is -0.143. The second-order valence-corrected chi connectivity index (χ2v) is 5.43. The molecule has 1 N–H and O–H groups in total. The van der Waals surface area contributed by atoms with Crippen LogP contribution in [0.1, 0.15) is 18.2 Å². The van der Waals surface area contributed by atoms with Gasteiger partial charge in [-0.25, -0.2) is 4.39 Å². The Morgan fingerprint density at radius 3 is 3.10 bits per heavy atom. The maximum Gasteiger partial charge on any atom is 0.325 e. The summed E-state index contributed by atoms with van der Waals surface area (Å²) in [5, 5.41) is 4.36. The standard InChI is InChI=1S/C15H16ClFN2O2/c1-2-21-14(20)8-19-13-3-4-18-7-11(13)10-5-9(17)6-12(16)15(10)19/h5-6,18H,2-4,7-8H2,1H3. The first-order valence-electron chi connectivity index (χ1n) is 6.97. The van der Waals surface area contributed by atoms with Gasteiger partial charge < -0.3 is 14.6 Å². The number of nitrogens with one attached hydrogen (secondary N) is 1. The minimum Gasteiger partial charge on any atom is -0.465 e. The molecule has 0 saturated carbocycles. The van der Waals surface area contributed by atoms with Crippen LogP contribution in [-0.2, 0) is 29.0 Å². The molecule has 2 aromatic rings. The normalized spacial score (nSPS) is 14.2. The Hall–Kier alpha value is -1.59. The van der Waals surface area contributed by atoms with Crippen LogP contribution in [0, 0.1) is 5.82 Å². The number of fused-ring (bicyclic) bond motifs is 3. The number of benzene rings is 1. The molecule has 3 rings (SSSR count). The molecule has 0 bridgehead atoms. The van der Waals surface area contributed by atoms with Crippen LogP contribution in [0.5, 0.6) is 0 Å². The first kappa shape index (κ1) is 14.4. The van der Waals surface area contributed by atoms with Gasteiger partial charge in [-0.2, -0.15) is 0 Å². The summed E-state index contributed by atoms with van der Waals surface area (Å²) in [7, 11) is 0. The molecule has 21 heavy (non-hydrogen) atoms. The van der Waals surface area contributed by atoms with Crippen molar-refractivity contribution in [3.63, 3.8) is 0 Å². The van der Waals surface area contributed by atoms with Gasteiger partial charge in [0.1, 0.15) is 12.4 Å². The van der Waals surface area contributed by atoms with Crippen molar-refractivity contribution in [2.24, 2.45) is 0 Å². The molecule has 1 aromatic carbocycles. The topological polar surface area (TPSA) is 43.3 Å². The molecule has 2 heterocycles. The molecular weight excluding hydrogens is 295 g/mol. The van der Waals surface area contributed by atoms with Crippen molar-refractivity contribution in [3.8, 4) is 0 Å². The van der Waals surface area contributed by atoms with Crippen LogP contribution in [0.15, 0.2) is 12.1 Å². The first-order valence-corrected chi connectivity index (χ1v) is 7.35. The van der Waals surface area contributed by atoms with Gasteiger partial charge in [0.05, 0.1) is 17.1 Å². The zero-order valence-electron chi connectivity index (χ0n) is 11.7. The van der Waals surface area contributed by atoms with Gasteiger partial charge >= 0.3 is 5.97 Å². The molecule has 112 valence electrons. The number of halogens is 2. The lowest BCUT2D eigenvalue weighted by Gasteiger charge is -2.16.